The molecule has 0 amide bonds. The molecule has 0 aromatic heterocycles. The van der Waals surface area contributed by atoms with Crippen molar-refractivity contribution in [2.45, 2.75) is 18.9 Å². The van der Waals surface area contributed by atoms with Crippen LogP contribution in [0.3, 0.4) is 0 Å². The van der Waals surface area contributed by atoms with Crippen molar-refractivity contribution in [1.82, 2.24) is 0 Å². The Morgan fingerprint density at radius 3 is 2.59 bits per heavy atom. The van der Waals surface area contributed by atoms with E-state index < -0.39 is 5.60 Å². The Hall–Kier alpha value is -0.200. The van der Waals surface area contributed by atoms with Crippen molar-refractivity contribution in [3.63, 3.8) is 0 Å². The molecule has 0 fully saturated rings. The Morgan fingerprint density at radius 1 is 1.29 bits per heavy atom. The Kier molecular flexibility index (Phi) is 6.37. The molecule has 1 aromatic carbocycles. The van der Waals surface area contributed by atoms with Gasteiger partial charge in [-0.25, -0.2) is 4.39 Å². The lowest BCUT2D eigenvalue weighted by Crippen LogP contribution is -2.29. The molecule has 0 N–H and O–H groups in total. The number of halogens is 2. The van der Waals surface area contributed by atoms with Gasteiger partial charge in [-0.2, -0.15) is 0 Å². The number of ether oxygens (including phenoxy) is 2. The van der Waals surface area contributed by atoms with Crippen LogP contribution in [0, 0.1) is 5.82 Å². The molecule has 2 nitrogen and oxygen atoms in total. The lowest BCUT2D eigenvalue weighted by molar-refractivity contribution is -0.0251. The number of hydrogen-bond donors (Lipinski definition) is 0. The molecule has 0 saturated heterocycles. The molecule has 96 valence electrons. The average molecular weight is 352 g/mol. The summed E-state index contributed by atoms with van der Waals surface area (Å²) in [5, 5.41) is 0. The molecule has 0 bridgehead atoms. The molecule has 0 aliphatic carbocycles. The van der Waals surface area contributed by atoms with Crippen molar-refractivity contribution >= 4 is 22.6 Å². The van der Waals surface area contributed by atoms with Gasteiger partial charge >= 0.3 is 0 Å². The molecule has 0 spiro atoms. The summed E-state index contributed by atoms with van der Waals surface area (Å²) in [4.78, 5) is 0. The van der Waals surface area contributed by atoms with Crippen LogP contribution >= 0.6 is 22.6 Å². The van der Waals surface area contributed by atoms with Crippen LogP contribution in [0.2, 0.25) is 0 Å². The predicted octanol–water partition coefficient (Wildman–Crippen LogP) is 3.53. The zero-order valence-electron chi connectivity index (χ0n) is 10.2. The van der Waals surface area contributed by atoms with Crippen LogP contribution in [0.1, 0.15) is 18.9 Å². The summed E-state index contributed by atoms with van der Waals surface area (Å²) >= 11 is 2.22. The minimum atomic E-state index is -0.570. The second-order valence-electron chi connectivity index (χ2n) is 4.04. The minimum absolute atomic E-state index is 0.210. The third-order valence-corrected chi connectivity index (χ3v) is 4.07. The summed E-state index contributed by atoms with van der Waals surface area (Å²) in [5.41, 5.74) is 0.0476. The first-order valence-electron chi connectivity index (χ1n) is 5.58. The van der Waals surface area contributed by atoms with Crippen molar-refractivity contribution < 1.29 is 13.9 Å². The standard InChI is InChI=1S/C13H18FIO2/c1-13(10-15,17-9-5-8-16-2)11-6-3-4-7-12(11)14/h3-4,6-7H,5,8-10H2,1-2H3. The third-order valence-electron chi connectivity index (χ3n) is 2.61. The molecular weight excluding hydrogens is 334 g/mol. The molecule has 0 aliphatic rings. The van der Waals surface area contributed by atoms with Crippen molar-refractivity contribution in [3.05, 3.63) is 35.6 Å². The van der Waals surface area contributed by atoms with Gasteiger partial charge in [-0.15, -0.1) is 0 Å². The molecule has 4 heteroatoms. The van der Waals surface area contributed by atoms with E-state index in [4.69, 9.17) is 9.47 Å². The summed E-state index contributed by atoms with van der Waals surface area (Å²) in [5.74, 6) is -0.210. The summed E-state index contributed by atoms with van der Waals surface area (Å²) in [6.45, 7) is 3.15. The second kappa shape index (κ2) is 7.28. The molecule has 0 radical (unpaired) electrons. The van der Waals surface area contributed by atoms with Gasteiger partial charge in [0.15, 0.2) is 0 Å². The summed E-state index contributed by atoms with van der Waals surface area (Å²) < 4.78 is 25.2. The zero-order valence-corrected chi connectivity index (χ0v) is 12.4. The molecule has 1 aromatic rings. The lowest BCUT2D eigenvalue weighted by atomic mass is 9.97. The molecule has 1 atom stereocenters. The Morgan fingerprint density at radius 2 is 2.00 bits per heavy atom. The topological polar surface area (TPSA) is 18.5 Å². The van der Waals surface area contributed by atoms with Crippen LogP contribution in [-0.4, -0.2) is 24.8 Å². The molecule has 0 saturated carbocycles. The number of alkyl halides is 1. The van der Waals surface area contributed by atoms with E-state index in [0.29, 0.717) is 23.2 Å². The van der Waals surface area contributed by atoms with Gasteiger partial charge in [-0.3, -0.25) is 0 Å². The zero-order chi connectivity index (χ0) is 12.7. The fourth-order valence-electron chi connectivity index (χ4n) is 1.58. The van der Waals surface area contributed by atoms with Crippen molar-refractivity contribution in [3.8, 4) is 0 Å². The minimum Gasteiger partial charge on any atom is -0.385 e. The smallest absolute Gasteiger partial charge is 0.129 e. The van der Waals surface area contributed by atoms with Crippen molar-refractivity contribution in [1.29, 1.82) is 0 Å². The van der Waals surface area contributed by atoms with Crippen molar-refractivity contribution in [2.75, 3.05) is 24.8 Å². The van der Waals surface area contributed by atoms with Gasteiger partial charge in [0, 0.05) is 30.3 Å². The van der Waals surface area contributed by atoms with E-state index in [0.717, 1.165) is 6.42 Å². The van der Waals surface area contributed by atoms with Crippen LogP contribution in [-0.2, 0) is 15.1 Å². The first-order valence-corrected chi connectivity index (χ1v) is 7.10. The number of hydrogen-bond acceptors (Lipinski definition) is 2. The maximum absolute atomic E-state index is 13.7. The van der Waals surface area contributed by atoms with E-state index in [9.17, 15) is 4.39 Å². The van der Waals surface area contributed by atoms with E-state index in [1.807, 2.05) is 13.0 Å². The van der Waals surface area contributed by atoms with Crippen LogP contribution in [0.4, 0.5) is 4.39 Å². The first kappa shape index (κ1) is 14.9. The van der Waals surface area contributed by atoms with Crippen LogP contribution in [0.25, 0.3) is 0 Å². The van der Waals surface area contributed by atoms with Crippen LogP contribution in [0.15, 0.2) is 24.3 Å². The highest BCUT2D eigenvalue weighted by atomic mass is 127. The van der Waals surface area contributed by atoms with E-state index in [-0.39, 0.29) is 5.82 Å². The van der Waals surface area contributed by atoms with E-state index >= 15 is 0 Å². The van der Waals surface area contributed by atoms with Gasteiger partial charge in [0.05, 0.1) is 0 Å². The van der Waals surface area contributed by atoms with Gasteiger partial charge in [0.2, 0.25) is 0 Å². The van der Waals surface area contributed by atoms with Gasteiger partial charge in [0.25, 0.3) is 0 Å². The molecule has 0 heterocycles. The number of rotatable bonds is 7. The molecule has 1 rings (SSSR count). The molecule has 17 heavy (non-hydrogen) atoms. The van der Waals surface area contributed by atoms with Crippen molar-refractivity contribution in [2.24, 2.45) is 0 Å². The van der Waals surface area contributed by atoms with Gasteiger partial charge in [0.1, 0.15) is 11.4 Å². The summed E-state index contributed by atoms with van der Waals surface area (Å²) in [6.07, 6.45) is 0.817. The SMILES string of the molecule is COCCCOC(C)(CI)c1ccccc1F. The molecular formula is C13H18FIO2. The monoisotopic (exact) mass is 352 g/mol. The van der Waals surface area contributed by atoms with E-state index in [1.54, 1.807) is 19.2 Å². The molecule has 1 unspecified atom stereocenters. The normalized spacial score (nSPS) is 14.6. The van der Waals surface area contributed by atoms with Crippen LogP contribution in [0.5, 0.6) is 0 Å². The summed E-state index contributed by atoms with van der Waals surface area (Å²) in [6, 6.07) is 6.78. The molecule has 0 aliphatic heterocycles. The number of methoxy groups -OCH3 is 1. The number of benzene rings is 1. The van der Waals surface area contributed by atoms with Gasteiger partial charge in [-0.1, -0.05) is 40.8 Å². The maximum atomic E-state index is 13.7. The fraction of sp³-hybridized carbons (Fsp3) is 0.538. The van der Waals surface area contributed by atoms with Gasteiger partial charge < -0.3 is 9.47 Å². The van der Waals surface area contributed by atoms with E-state index in [1.165, 1.54) is 6.07 Å². The Balaban J connectivity index is 2.71. The average Bonchev–Trinajstić information content (AvgIpc) is 2.35. The van der Waals surface area contributed by atoms with Gasteiger partial charge in [-0.05, 0) is 19.4 Å². The highest BCUT2D eigenvalue weighted by Gasteiger charge is 2.28. The summed E-state index contributed by atoms with van der Waals surface area (Å²) in [7, 11) is 1.66. The lowest BCUT2D eigenvalue weighted by Gasteiger charge is -2.28. The Labute approximate surface area is 116 Å². The highest BCUT2D eigenvalue weighted by Crippen LogP contribution is 2.29. The quantitative estimate of drug-likeness (QED) is 0.425. The third kappa shape index (κ3) is 4.19. The van der Waals surface area contributed by atoms with Crippen LogP contribution < -0.4 is 0 Å². The van der Waals surface area contributed by atoms with E-state index in [2.05, 4.69) is 22.6 Å². The first-order chi connectivity index (χ1) is 8.14. The fourth-order valence-corrected chi connectivity index (χ4v) is 2.21. The maximum Gasteiger partial charge on any atom is 0.129 e. The largest absolute Gasteiger partial charge is 0.385 e. The predicted molar refractivity (Wildman–Crippen MR) is 75.1 cm³/mol. The Bertz CT molecular complexity index is 346. The highest BCUT2D eigenvalue weighted by molar-refractivity contribution is 14.1. The second-order valence-corrected chi connectivity index (χ2v) is 4.80.